The third-order valence-corrected chi connectivity index (χ3v) is 1.77. The maximum Gasteiger partial charge on any atom is 0.0816 e. The average molecular weight is 167 g/mol. The largest absolute Gasteiger partial charge is 0.388 e. The SMILES string of the molecule is CNC1=CC(OC(C)C)CC=C1. The van der Waals surface area contributed by atoms with Crippen molar-refractivity contribution in [1.82, 2.24) is 5.32 Å². The summed E-state index contributed by atoms with van der Waals surface area (Å²) in [5, 5.41) is 3.10. The summed E-state index contributed by atoms with van der Waals surface area (Å²) in [7, 11) is 1.92. The predicted molar refractivity (Wildman–Crippen MR) is 50.9 cm³/mol. The molecule has 0 bridgehead atoms. The first kappa shape index (κ1) is 9.33. The van der Waals surface area contributed by atoms with E-state index in [1.807, 2.05) is 7.05 Å². The van der Waals surface area contributed by atoms with Gasteiger partial charge in [-0.3, -0.25) is 0 Å². The lowest BCUT2D eigenvalue weighted by Crippen LogP contribution is -2.19. The molecule has 0 heterocycles. The molecular weight excluding hydrogens is 150 g/mol. The normalized spacial score (nSPS) is 22.7. The molecule has 0 saturated carbocycles. The topological polar surface area (TPSA) is 21.3 Å². The summed E-state index contributed by atoms with van der Waals surface area (Å²) in [5.74, 6) is 0. The van der Waals surface area contributed by atoms with Crippen LogP contribution in [0.5, 0.6) is 0 Å². The van der Waals surface area contributed by atoms with Gasteiger partial charge in [-0.1, -0.05) is 6.08 Å². The van der Waals surface area contributed by atoms with Crippen molar-refractivity contribution in [2.75, 3.05) is 7.05 Å². The number of allylic oxidation sites excluding steroid dienone is 1. The van der Waals surface area contributed by atoms with E-state index in [-0.39, 0.29) is 6.10 Å². The van der Waals surface area contributed by atoms with Crippen molar-refractivity contribution in [1.29, 1.82) is 0 Å². The highest BCUT2D eigenvalue weighted by molar-refractivity contribution is 5.22. The van der Waals surface area contributed by atoms with Gasteiger partial charge in [0, 0.05) is 12.7 Å². The van der Waals surface area contributed by atoms with E-state index in [0.717, 1.165) is 12.1 Å². The molecule has 1 aliphatic rings. The second-order valence-electron chi connectivity index (χ2n) is 3.23. The van der Waals surface area contributed by atoms with E-state index >= 15 is 0 Å². The zero-order chi connectivity index (χ0) is 8.97. The molecule has 0 amide bonds. The highest BCUT2D eigenvalue weighted by atomic mass is 16.5. The molecule has 2 nitrogen and oxygen atoms in total. The molecule has 1 unspecified atom stereocenters. The van der Waals surface area contributed by atoms with E-state index in [1.165, 1.54) is 0 Å². The van der Waals surface area contributed by atoms with Gasteiger partial charge in [-0.25, -0.2) is 0 Å². The minimum Gasteiger partial charge on any atom is -0.388 e. The van der Waals surface area contributed by atoms with Crippen LogP contribution in [-0.2, 0) is 4.74 Å². The van der Waals surface area contributed by atoms with Gasteiger partial charge in [0.1, 0.15) is 0 Å². The van der Waals surface area contributed by atoms with Gasteiger partial charge in [-0.2, -0.15) is 0 Å². The molecule has 2 heteroatoms. The quantitative estimate of drug-likeness (QED) is 0.692. The molecule has 1 N–H and O–H groups in total. The Morgan fingerprint density at radius 3 is 2.92 bits per heavy atom. The lowest BCUT2D eigenvalue weighted by Gasteiger charge is -2.19. The Kier molecular flexibility index (Phi) is 3.35. The Bertz CT molecular complexity index is 194. The van der Waals surface area contributed by atoms with E-state index < -0.39 is 0 Å². The standard InChI is InChI=1S/C10H17NO/c1-8(2)12-10-6-4-5-9(7-10)11-3/h4-5,7-8,10-11H,6H2,1-3H3. The first-order valence-corrected chi connectivity index (χ1v) is 4.44. The zero-order valence-corrected chi connectivity index (χ0v) is 8.00. The van der Waals surface area contributed by atoms with E-state index in [2.05, 4.69) is 37.4 Å². The molecule has 0 aromatic rings. The third-order valence-electron chi connectivity index (χ3n) is 1.77. The molecule has 0 aromatic heterocycles. The summed E-state index contributed by atoms with van der Waals surface area (Å²) in [4.78, 5) is 0. The van der Waals surface area contributed by atoms with Crippen molar-refractivity contribution in [3.63, 3.8) is 0 Å². The molecular formula is C10H17NO. The van der Waals surface area contributed by atoms with Crippen molar-refractivity contribution >= 4 is 0 Å². The number of rotatable bonds is 3. The highest BCUT2D eigenvalue weighted by Gasteiger charge is 2.09. The maximum absolute atomic E-state index is 5.66. The predicted octanol–water partition coefficient (Wildman–Crippen LogP) is 1.84. The second kappa shape index (κ2) is 4.31. The van der Waals surface area contributed by atoms with Crippen LogP contribution in [0.3, 0.4) is 0 Å². The average Bonchev–Trinajstić information content (AvgIpc) is 2.03. The van der Waals surface area contributed by atoms with Crippen molar-refractivity contribution in [3.8, 4) is 0 Å². The molecule has 12 heavy (non-hydrogen) atoms. The van der Waals surface area contributed by atoms with Crippen LogP contribution >= 0.6 is 0 Å². The van der Waals surface area contributed by atoms with Crippen LogP contribution in [0, 0.1) is 0 Å². The molecule has 0 spiro atoms. The van der Waals surface area contributed by atoms with E-state index in [0.29, 0.717) is 6.10 Å². The Hall–Kier alpha value is -0.760. The van der Waals surface area contributed by atoms with Gasteiger partial charge in [0.2, 0.25) is 0 Å². The molecule has 0 aliphatic heterocycles. The highest BCUT2D eigenvalue weighted by Crippen LogP contribution is 2.12. The smallest absolute Gasteiger partial charge is 0.0816 e. The molecule has 1 rings (SSSR count). The second-order valence-corrected chi connectivity index (χ2v) is 3.23. The van der Waals surface area contributed by atoms with Crippen LogP contribution in [0.25, 0.3) is 0 Å². The Balaban J connectivity index is 2.48. The van der Waals surface area contributed by atoms with E-state index in [9.17, 15) is 0 Å². The van der Waals surface area contributed by atoms with E-state index in [1.54, 1.807) is 0 Å². The lowest BCUT2D eigenvalue weighted by molar-refractivity contribution is 0.0362. The molecule has 1 atom stereocenters. The molecule has 0 radical (unpaired) electrons. The van der Waals surface area contributed by atoms with Crippen molar-refractivity contribution in [3.05, 3.63) is 23.9 Å². The minimum atomic E-state index is 0.248. The number of likely N-dealkylation sites (N-methyl/N-ethyl adjacent to an activating group) is 1. The molecule has 0 aromatic carbocycles. The van der Waals surface area contributed by atoms with Crippen LogP contribution in [0.1, 0.15) is 20.3 Å². The van der Waals surface area contributed by atoms with Crippen LogP contribution < -0.4 is 5.32 Å². The zero-order valence-electron chi connectivity index (χ0n) is 8.00. The maximum atomic E-state index is 5.66. The summed E-state index contributed by atoms with van der Waals surface area (Å²) in [6, 6.07) is 0. The Morgan fingerprint density at radius 1 is 1.58 bits per heavy atom. The fourth-order valence-electron chi connectivity index (χ4n) is 1.26. The summed E-state index contributed by atoms with van der Waals surface area (Å²) in [6.45, 7) is 4.12. The summed E-state index contributed by atoms with van der Waals surface area (Å²) in [6.07, 6.45) is 7.89. The molecule has 68 valence electrons. The van der Waals surface area contributed by atoms with Gasteiger partial charge in [-0.15, -0.1) is 0 Å². The van der Waals surface area contributed by atoms with Crippen molar-refractivity contribution in [2.45, 2.75) is 32.5 Å². The van der Waals surface area contributed by atoms with Crippen LogP contribution in [0.15, 0.2) is 23.9 Å². The molecule has 0 saturated heterocycles. The van der Waals surface area contributed by atoms with Gasteiger partial charge >= 0.3 is 0 Å². The Labute approximate surface area is 74.3 Å². The number of nitrogens with one attached hydrogen (secondary N) is 1. The van der Waals surface area contributed by atoms with Crippen LogP contribution in [-0.4, -0.2) is 19.3 Å². The van der Waals surface area contributed by atoms with Crippen LogP contribution in [0.2, 0.25) is 0 Å². The van der Waals surface area contributed by atoms with Crippen molar-refractivity contribution in [2.24, 2.45) is 0 Å². The molecule has 0 fully saturated rings. The summed E-state index contributed by atoms with van der Waals surface area (Å²) < 4.78 is 5.66. The number of hydrogen-bond acceptors (Lipinski definition) is 2. The first-order valence-electron chi connectivity index (χ1n) is 4.44. The fourth-order valence-corrected chi connectivity index (χ4v) is 1.26. The molecule has 1 aliphatic carbocycles. The van der Waals surface area contributed by atoms with E-state index in [4.69, 9.17) is 4.74 Å². The first-order chi connectivity index (χ1) is 5.72. The summed E-state index contributed by atoms with van der Waals surface area (Å²) >= 11 is 0. The number of hydrogen-bond donors (Lipinski definition) is 1. The monoisotopic (exact) mass is 167 g/mol. The summed E-state index contributed by atoms with van der Waals surface area (Å²) in [5.41, 5.74) is 1.15. The van der Waals surface area contributed by atoms with Gasteiger partial charge in [0.05, 0.1) is 12.2 Å². The van der Waals surface area contributed by atoms with Gasteiger partial charge < -0.3 is 10.1 Å². The lowest BCUT2D eigenvalue weighted by atomic mass is 10.1. The van der Waals surface area contributed by atoms with Crippen molar-refractivity contribution < 1.29 is 4.74 Å². The van der Waals surface area contributed by atoms with Gasteiger partial charge in [0.25, 0.3) is 0 Å². The Morgan fingerprint density at radius 2 is 2.33 bits per heavy atom. The van der Waals surface area contributed by atoms with Gasteiger partial charge in [-0.05, 0) is 32.4 Å². The third kappa shape index (κ3) is 2.70. The minimum absolute atomic E-state index is 0.248. The van der Waals surface area contributed by atoms with Crippen LogP contribution in [0.4, 0.5) is 0 Å². The van der Waals surface area contributed by atoms with Gasteiger partial charge in [0.15, 0.2) is 0 Å². The number of ether oxygens (including phenoxy) is 1. The fraction of sp³-hybridized carbons (Fsp3) is 0.600.